The first kappa shape index (κ1) is 16.3. The minimum absolute atomic E-state index is 0.145. The van der Waals surface area contributed by atoms with Gasteiger partial charge in [-0.15, -0.1) is 0 Å². The first-order valence-electron chi connectivity index (χ1n) is 9.03. The molecule has 2 nitrogen and oxygen atoms in total. The molecule has 2 aliphatic carbocycles. The number of nitrogens with two attached hydrogens (primary N) is 1. The Hall–Kier alpha value is -0.0800. The van der Waals surface area contributed by atoms with Gasteiger partial charge < -0.3 is 11.1 Å². The van der Waals surface area contributed by atoms with E-state index in [2.05, 4.69) is 19.2 Å². The van der Waals surface area contributed by atoms with Crippen LogP contribution < -0.4 is 11.1 Å². The molecular formula is C18H36N2. The lowest BCUT2D eigenvalue weighted by Gasteiger charge is -2.35. The fraction of sp³-hybridized carbons (Fsp3) is 1.00. The highest BCUT2D eigenvalue weighted by Gasteiger charge is 2.34. The summed E-state index contributed by atoms with van der Waals surface area (Å²) in [6.07, 6.45) is 14.9. The van der Waals surface area contributed by atoms with Crippen molar-refractivity contribution in [1.29, 1.82) is 0 Å². The summed E-state index contributed by atoms with van der Waals surface area (Å²) >= 11 is 0. The summed E-state index contributed by atoms with van der Waals surface area (Å²) in [6, 6.07) is 0. The molecule has 0 spiro atoms. The van der Waals surface area contributed by atoms with Gasteiger partial charge in [-0.1, -0.05) is 46.0 Å². The maximum atomic E-state index is 6.53. The molecule has 0 aromatic carbocycles. The van der Waals surface area contributed by atoms with Crippen molar-refractivity contribution >= 4 is 0 Å². The van der Waals surface area contributed by atoms with Gasteiger partial charge in [-0.05, 0) is 56.4 Å². The largest absolute Gasteiger partial charge is 0.325 e. The first-order valence-corrected chi connectivity index (χ1v) is 9.03. The molecule has 0 aliphatic heterocycles. The van der Waals surface area contributed by atoms with E-state index in [0.29, 0.717) is 5.41 Å². The highest BCUT2D eigenvalue weighted by Crippen LogP contribution is 2.42. The number of hydrogen-bond donors (Lipinski definition) is 2. The van der Waals surface area contributed by atoms with Gasteiger partial charge in [0.15, 0.2) is 0 Å². The Kier molecular flexibility index (Phi) is 5.92. The fourth-order valence-corrected chi connectivity index (χ4v) is 4.64. The van der Waals surface area contributed by atoms with Gasteiger partial charge in [-0.25, -0.2) is 0 Å². The predicted octanol–water partition coefficient (Wildman–Crippen LogP) is 4.23. The number of nitrogens with one attached hydrogen (secondary N) is 1. The summed E-state index contributed by atoms with van der Waals surface area (Å²) in [6.45, 7) is 7.09. The van der Waals surface area contributed by atoms with E-state index in [1.807, 2.05) is 0 Å². The van der Waals surface area contributed by atoms with Crippen molar-refractivity contribution in [2.45, 2.75) is 90.0 Å². The van der Waals surface area contributed by atoms with Gasteiger partial charge in [0.1, 0.15) is 0 Å². The average Bonchev–Trinajstić information content (AvgIpc) is 2.84. The second-order valence-corrected chi connectivity index (χ2v) is 8.15. The SMILES string of the molecule is CC(C)CC1(CNCCC2(N)CCCCC2)CCCC1. The van der Waals surface area contributed by atoms with Crippen LogP contribution in [0.2, 0.25) is 0 Å². The van der Waals surface area contributed by atoms with Gasteiger partial charge in [0.2, 0.25) is 0 Å². The molecule has 0 aromatic rings. The zero-order valence-corrected chi connectivity index (χ0v) is 13.8. The molecule has 0 unspecified atom stereocenters. The normalized spacial score (nSPS) is 25.2. The van der Waals surface area contributed by atoms with Crippen LogP contribution in [-0.4, -0.2) is 18.6 Å². The molecule has 2 heteroatoms. The number of hydrogen-bond acceptors (Lipinski definition) is 2. The van der Waals surface area contributed by atoms with Crippen molar-refractivity contribution in [3.05, 3.63) is 0 Å². The third-order valence-corrected chi connectivity index (χ3v) is 5.65. The molecule has 2 saturated carbocycles. The van der Waals surface area contributed by atoms with Gasteiger partial charge in [0, 0.05) is 12.1 Å². The minimum Gasteiger partial charge on any atom is -0.325 e. The summed E-state index contributed by atoms with van der Waals surface area (Å²) in [7, 11) is 0. The van der Waals surface area contributed by atoms with E-state index in [4.69, 9.17) is 5.73 Å². The highest BCUT2D eigenvalue weighted by atomic mass is 14.9. The van der Waals surface area contributed by atoms with E-state index >= 15 is 0 Å². The lowest BCUT2D eigenvalue weighted by molar-refractivity contribution is 0.215. The van der Waals surface area contributed by atoms with Crippen LogP contribution >= 0.6 is 0 Å². The molecule has 3 N–H and O–H groups in total. The van der Waals surface area contributed by atoms with Gasteiger partial charge in [-0.3, -0.25) is 0 Å². The molecule has 0 heterocycles. The van der Waals surface area contributed by atoms with Crippen molar-refractivity contribution in [3.8, 4) is 0 Å². The van der Waals surface area contributed by atoms with E-state index in [0.717, 1.165) is 12.5 Å². The maximum Gasteiger partial charge on any atom is 0.0166 e. The second kappa shape index (κ2) is 7.26. The van der Waals surface area contributed by atoms with Crippen molar-refractivity contribution in [2.24, 2.45) is 17.1 Å². The molecule has 2 fully saturated rings. The fourth-order valence-electron chi connectivity index (χ4n) is 4.64. The Bertz CT molecular complexity index is 273. The van der Waals surface area contributed by atoms with Crippen LogP contribution in [0.25, 0.3) is 0 Å². The predicted molar refractivity (Wildman–Crippen MR) is 87.8 cm³/mol. The summed E-state index contributed by atoms with van der Waals surface area (Å²) in [4.78, 5) is 0. The molecule has 2 rings (SSSR count). The van der Waals surface area contributed by atoms with Gasteiger partial charge in [-0.2, -0.15) is 0 Å². The van der Waals surface area contributed by atoms with Crippen LogP contribution in [0, 0.1) is 11.3 Å². The smallest absolute Gasteiger partial charge is 0.0166 e. The van der Waals surface area contributed by atoms with Crippen LogP contribution in [0.4, 0.5) is 0 Å². The van der Waals surface area contributed by atoms with E-state index in [9.17, 15) is 0 Å². The summed E-state index contributed by atoms with van der Waals surface area (Å²) < 4.78 is 0. The van der Waals surface area contributed by atoms with Crippen LogP contribution in [0.5, 0.6) is 0 Å². The molecule has 2 aliphatic rings. The van der Waals surface area contributed by atoms with E-state index in [1.54, 1.807) is 0 Å². The Labute approximate surface area is 126 Å². The highest BCUT2D eigenvalue weighted by molar-refractivity contribution is 4.90. The van der Waals surface area contributed by atoms with E-state index in [-0.39, 0.29) is 5.54 Å². The summed E-state index contributed by atoms with van der Waals surface area (Å²) in [5, 5.41) is 3.77. The molecule has 0 atom stereocenters. The minimum atomic E-state index is 0.145. The van der Waals surface area contributed by atoms with Crippen LogP contribution in [0.1, 0.15) is 84.5 Å². The quantitative estimate of drug-likeness (QED) is 0.685. The standard InChI is InChI=1S/C18H36N2/c1-16(2)14-17(8-6-7-9-17)15-20-13-12-18(19)10-4-3-5-11-18/h16,20H,3-15,19H2,1-2H3. The third kappa shape index (κ3) is 4.73. The first-order chi connectivity index (χ1) is 9.54. The third-order valence-electron chi connectivity index (χ3n) is 5.65. The Morgan fingerprint density at radius 3 is 2.15 bits per heavy atom. The van der Waals surface area contributed by atoms with Gasteiger partial charge >= 0.3 is 0 Å². The molecule has 0 aromatic heterocycles. The molecule has 0 saturated heterocycles. The topological polar surface area (TPSA) is 38.0 Å². The van der Waals surface area contributed by atoms with E-state index < -0.39 is 0 Å². The molecule has 0 radical (unpaired) electrons. The lowest BCUT2D eigenvalue weighted by Crippen LogP contribution is -2.45. The Morgan fingerprint density at radius 1 is 0.950 bits per heavy atom. The Balaban J connectivity index is 1.70. The van der Waals surface area contributed by atoms with Gasteiger partial charge in [0.25, 0.3) is 0 Å². The van der Waals surface area contributed by atoms with Crippen molar-refractivity contribution < 1.29 is 0 Å². The van der Waals surface area contributed by atoms with Gasteiger partial charge in [0.05, 0.1) is 0 Å². The van der Waals surface area contributed by atoms with Crippen LogP contribution in [0.15, 0.2) is 0 Å². The zero-order valence-electron chi connectivity index (χ0n) is 13.8. The monoisotopic (exact) mass is 280 g/mol. The molecular weight excluding hydrogens is 244 g/mol. The molecule has 0 bridgehead atoms. The summed E-state index contributed by atoms with van der Waals surface area (Å²) in [5.41, 5.74) is 7.27. The van der Waals surface area contributed by atoms with Crippen molar-refractivity contribution in [1.82, 2.24) is 5.32 Å². The van der Waals surface area contributed by atoms with E-state index in [1.165, 1.54) is 77.2 Å². The average molecular weight is 280 g/mol. The maximum absolute atomic E-state index is 6.53. The lowest BCUT2D eigenvalue weighted by atomic mass is 9.78. The Morgan fingerprint density at radius 2 is 1.55 bits per heavy atom. The number of rotatable bonds is 7. The second-order valence-electron chi connectivity index (χ2n) is 8.15. The van der Waals surface area contributed by atoms with Crippen molar-refractivity contribution in [3.63, 3.8) is 0 Å². The van der Waals surface area contributed by atoms with Crippen LogP contribution in [0.3, 0.4) is 0 Å². The molecule has 0 amide bonds. The molecule has 20 heavy (non-hydrogen) atoms. The zero-order chi connectivity index (χ0) is 14.5. The van der Waals surface area contributed by atoms with Crippen molar-refractivity contribution in [2.75, 3.05) is 13.1 Å². The van der Waals surface area contributed by atoms with Crippen LogP contribution in [-0.2, 0) is 0 Å². The molecule has 118 valence electrons. The summed E-state index contributed by atoms with van der Waals surface area (Å²) in [5.74, 6) is 0.828.